The van der Waals surface area contributed by atoms with Gasteiger partial charge >= 0.3 is 0 Å². The molecule has 8 aromatic carbocycles. The van der Waals surface area contributed by atoms with Gasteiger partial charge in [-0.05, 0) is 192 Å². The molecule has 0 saturated heterocycles. The van der Waals surface area contributed by atoms with Crippen LogP contribution in [0.4, 0.5) is 0 Å². The van der Waals surface area contributed by atoms with Gasteiger partial charge < -0.3 is 47.9 Å². The Morgan fingerprint density at radius 2 is 0.385 bits per heavy atom. The van der Waals surface area contributed by atoms with E-state index in [2.05, 4.69) is 162 Å². The maximum atomic E-state index is 6.51. The Labute approximate surface area is 561 Å². The van der Waals surface area contributed by atoms with E-state index < -0.39 is 0 Å². The summed E-state index contributed by atoms with van der Waals surface area (Å²) in [7, 11) is 0. The standard InChI is InChI=1S/C80H90N8O8/c1-9-17-25-89-65-41-49-33-57-58(34-50(49)42-66(65)90-26-18-10-2)74-81-73(57)85-75-59-35-51-43-67(91-27-19-11-3)68(92-28-20-12-4)44-52(51)36-60(59)77(82-75)87-79-63-39-55-47-71(95-31-23-15-7)72(96-32-24-16-8)48-56(55)40-64(63)80(84-79)88-78-62-38-54-46-70(94-30-22-14-6)69(93-29-21-13-5)45-53(54)37-61(62)76(83-78)86-74/h33-48H,9-32H2,1-8H3,(H2,81,82,83,84,85,86,87,88). The van der Waals surface area contributed by atoms with E-state index >= 15 is 0 Å². The molecule has 13 rings (SSSR count). The van der Waals surface area contributed by atoms with E-state index in [4.69, 9.17) is 67.8 Å². The van der Waals surface area contributed by atoms with Gasteiger partial charge in [-0.2, -0.15) is 0 Å². The summed E-state index contributed by atoms with van der Waals surface area (Å²) in [5.41, 5.74) is 5.47. The van der Waals surface area contributed by atoms with Gasteiger partial charge in [-0.3, -0.25) is 0 Å². The lowest BCUT2D eigenvalue weighted by Gasteiger charge is -2.15. The van der Waals surface area contributed by atoms with Crippen LogP contribution in [0.25, 0.3) is 133 Å². The zero-order valence-corrected chi connectivity index (χ0v) is 57.2. The molecule has 11 aromatic rings. The van der Waals surface area contributed by atoms with E-state index in [1.165, 1.54) is 0 Å². The van der Waals surface area contributed by atoms with E-state index in [0.29, 0.717) is 145 Å². The summed E-state index contributed by atoms with van der Waals surface area (Å²) in [5.74, 6) is 7.55. The summed E-state index contributed by atoms with van der Waals surface area (Å²) >= 11 is 0. The average molecular weight is 1290 g/mol. The van der Waals surface area contributed by atoms with Crippen LogP contribution in [-0.4, -0.2) is 92.7 Å². The van der Waals surface area contributed by atoms with Crippen molar-refractivity contribution in [1.29, 1.82) is 0 Å². The molecule has 498 valence electrons. The predicted molar refractivity (Wildman–Crippen MR) is 389 cm³/mol. The summed E-state index contributed by atoms with van der Waals surface area (Å²) in [6.45, 7) is 22.0. The summed E-state index contributed by atoms with van der Waals surface area (Å²) < 4.78 is 52.1. The first kappa shape index (κ1) is 65.2. The third kappa shape index (κ3) is 13.8. The third-order valence-corrected chi connectivity index (χ3v) is 18.0. The first-order valence-electron chi connectivity index (χ1n) is 35.5. The number of hydrogen-bond acceptors (Lipinski definition) is 14. The van der Waals surface area contributed by atoms with Gasteiger partial charge in [0.25, 0.3) is 0 Å². The van der Waals surface area contributed by atoms with Crippen LogP contribution in [0.15, 0.2) is 97.1 Å². The normalized spacial score (nSPS) is 11.9. The number of aromatic nitrogens is 8. The fraction of sp³-hybridized carbons (Fsp3) is 0.400. The number of fused-ring (bicyclic) bond motifs is 24. The molecule has 0 aliphatic carbocycles. The van der Waals surface area contributed by atoms with Crippen molar-refractivity contribution < 1.29 is 37.9 Å². The van der Waals surface area contributed by atoms with Crippen molar-refractivity contribution in [3.05, 3.63) is 97.1 Å². The smallest absolute Gasteiger partial charge is 0.164 e. The molecule has 0 radical (unpaired) electrons. The van der Waals surface area contributed by atoms with Crippen molar-refractivity contribution in [2.75, 3.05) is 52.9 Å². The van der Waals surface area contributed by atoms with E-state index in [1.807, 2.05) is 0 Å². The van der Waals surface area contributed by atoms with Gasteiger partial charge in [0.1, 0.15) is 22.6 Å². The summed E-state index contributed by atoms with van der Waals surface area (Å²) in [5, 5.41) is 11.0. The highest BCUT2D eigenvalue weighted by Crippen LogP contribution is 2.46. The molecule has 0 saturated carbocycles. The molecule has 16 nitrogen and oxygen atoms in total. The number of benzene rings is 8. The highest BCUT2D eigenvalue weighted by Gasteiger charge is 2.27. The molecule has 0 atom stereocenters. The van der Waals surface area contributed by atoms with Crippen LogP contribution in [0, 0.1) is 0 Å². The Morgan fingerprint density at radius 3 is 0.552 bits per heavy atom. The highest BCUT2D eigenvalue weighted by atomic mass is 16.5. The zero-order valence-electron chi connectivity index (χ0n) is 57.2. The van der Waals surface area contributed by atoms with E-state index in [9.17, 15) is 0 Å². The Kier molecular flexibility index (Phi) is 20.5. The Morgan fingerprint density at radius 1 is 0.219 bits per heavy atom. The molecule has 3 aromatic heterocycles. The molecule has 2 aliphatic rings. The van der Waals surface area contributed by atoms with Crippen LogP contribution >= 0.6 is 0 Å². The summed E-state index contributed by atoms with van der Waals surface area (Å²) in [4.78, 5) is 40.8. The van der Waals surface area contributed by atoms with E-state index in [1.54, 1.807) is 0 Å². The average Bonchev–Trinajstić information content (AvgIpc) is 0.924. The number of H-pyrrole nitrogens is 2. The topological polar surface area (TPSA) is 183 Å². The molecule has 2 N–H and O–H groups in total. The van der Waals surface area contributed by atoms with Crippen molar-refractivity contribution in [2.45, 2.75) is 158 Å². The number of nitrogens with one attached hydrogen (secondary N) is 2. The SMILES string of the molecule is CCCCOc1cc2cc3c(cc2cc1OCCCC)-c1nc-3nc2[nH]c(nc3nc(nc4[nH]c(n1)c1cc5cc(OCCCC)c(OCCCC)cc5cc41)-c1cc4cc(OCCCC)c(OCCCC)cc4cc1-3)c1cc3cc(OCCCC)c(OCCCC)cc3cc21. The van der Waals surface area contributed by atoms with Crippen LogP contribution in [0.3, 0.4) is 0 Å². The number of aromatic amines is 2. The predicted octanol–water partition coefficient (Wildman–Crippen LogP) is 20.9. The number of unbranched alkanes of at least 4 members (excludes halogenated alkanes) is 8. The lowest BCUT2D eigenvalue weighted by atomic mass is 10.0. The Balaban J connectivity index is 1.13. The van der Waals surface area contributed by atoms with Crippen LogP contribution < -0.4 is 37.9 Å². The third-order valence-electron chi connectivity index (χ3n) is 18.0. The summed E-state index contributed by atoms with van der Waals surface area (Å²) in [6.07, 6.45) is 15.4. The maximum absolute atomic E-state index is 6.51. The van der Waals surface area contributed by atoms with Gasteiger partial charge in [-0.1, -0.05) is 107 Å². The number of rotatable bonds is 32. The second-order valence-electron chi connectivity index (χ2n) is 25.4. The van der Waals surface area contributed by atoms with Crippen molar-refractivity contribution in [2.24, 2.45) is 0 Å². The molecular formula is C80H90N8O8. The highest BCUT2D eigenvalue weighted by molar-refractivity contribution is 6.14. The van der Waals surface area contributed by atoms with Gasteiger partial charge in [-0.25, -0.2) is 29.9 Å². The van der Waals surface area contributed by atoms with E-state index in [-0.39, 0.29) is 0 Å². The molecule has 8 bridgehead atoms. The minimum Gasteiger partial charge on any atom is -0.490 e. The minimum atomic E-state index is 0.476. The molecular weight excluding hydrogens is 1200 g/mol. The lowest BCUT2D eigenvalue weighted by Crippen LogP contribution is -2.02. The largest absolute Gasteiger partial charge is 0.490 e. The number of nitrogens with zero attached hydrogens (tertiary/aromatic N) is 6. The van der Waals surface area contributed by atoms with Crippen molar-refractivity contribution in [1.82, 2.24) is 39.9 Å². The Bertz CT molecular complexity index is 4240. The van der Waals surface area contributed by atoms with Crippen molar-refractivity contribution in [3.8, 4) is 91.5 Å². The van der Waals surface area contributed by atoms with E-state index in [0.717, 1.165) is 190 Å². The van der Waals surface area contributed by atoms with Gasteiger partial charge in [0, 0.05) is 43.8 Å². The second-order valence-corrected chi connectivity index (χ2v) is 25.4. The molecule has 0 unspecified atom stereocenters. The maximum Gasteiger partial charge on any atom is 0.164 e. The second kappa shape index (κ2) is 30.1. The molecule has 16 heteroatoms. The number of ether oxygens (including phenoxy) is 8. The minimum absolute atomic E-state index is 0.476. The quantitative estimate of drug-likeness (QED) is 0.0380. The lowest BCUT2D eigenvalue weighted by molar-refractivity contribution is 0.262. The molecule has 0 fully saturated rings. The Hall–Kier alpha value is -9.44. The van der Waals surface area contributed by atoms with Gasteiger partial charge in [-0.15, -0.1) is 0 Å². The first-order valence-corrected chi connectivity index (χ1v) is 35.5. The zero-order chi connectivity index (χ0) is 66.1. The molecule has 2 aliphatic heterocycles. The van der Waals surface area contributed by atoms with Crippen LogP contribution in [0.5, 0.6) is 46.0 Å². The number of hydrogen-bond donors (Lipinski definition) is 2. The van der Waals surface area contributed by atoms with Gasteiger partial charge in [0.05, 0.1) is 52.9 Å². The van der Waals surface area contributed by atoms with Crippen molar-refractivity contribution in [3.63, 3.8) is 0 Å². The first-order chi connectivity index (χ1) is 47.2. The van der Waals surface area contributed by atoms with Crippen LogP contribution in [0.1, 0.15) is 158 Å². The summed E-state index contributed by atoms with van der Waals surface area (Å²) in [6, 6.07) is 34.1. The van der Waals surface area contributed by atoms with Gasteiger partial charge in [0.2, 0.25) is 0 Å². The fourth-order valence-electron chi connectivity index (χ4n) is 12.3. The monoisotopic (exact) mass is 1290 g/mol. The molecule has 96 heavy (non-hydrogen) atoms. The fourth-order valence-corrected chi connectivity index (χ4v) is 12.3. The van der Waals surface area contributed by atoms with Crippen molar-refractivity contribution >= 4 is 87.2 Å². The molecule has 0 amide bonds. The molecule has 5 heterocycles. The van der Waals surface area contributed by atoms with Crippen LogP contribution in [0.2, 0.25) is 0 Å². The van der Waals surface area contributed by atoms with Gasteiger partial charge in [0.15, 0.2) is 69.3 Å². The van der Waals surface area contributed by atoms with Crippen LogP contribution in [-0.2, 0) is 0 Å². The molecule has 0 spiro atoms.